The van der Waals surface area contributed by atoms with Gasteiger partial charge in [-0.2, -0.15) is 5.10 Å². The average Bonchev–Trinajstić information content (AvgIpc) is 3.11. The maximum absolute atomic E-state index is 13.3. The molecule has 7 heteroatoms. The van der Waals surface area contributed by atoms with Gasteiger partial charge in [-0.15, -0.1) is 11.3 Å². The molecule has 0 unspecified atom stereocenters. The van der Waals surface area contributed by atoms with Gasteiger partial charge in [-0.25, -0.2) is 18.4 Å². The molecule has 0 atom stereocenters. The van der Waals surface area contributed by atoms with Crippen LogP contribution in [0, 0.1) is 11.6 Å². The Bertz CT molecular complexity index is 1160. The van der Waals surface area contributed by atoms with Crippen molar-refractivity contribution in [2.24, 2.45) is 10.1 Å². The Balaban J connectivity index is 1.82. The van der Waals surface area contributed by atoms with Crippen molar-refractivity contribution in [3.8, 4) is 11.3 Å². The predicted octanol–water partition coefficient (Wildman–Crippen LogP) is 5.00. The van der Waals surface area contributed by atoms with E-state index in [1.165, 1.54) is 35.6 Å². The second-order valence-corrected chi connectivity index (χ2v) is 6.68. The summed E-state index contributed by atoms with van der Waals surface area (Å²) in [6, 6.07) is 15.9. The maximum Gasteiger partial charge on any atom is 0.211 e. The topological polar surface area (TPSA) is 42.5 Å². The second kappa shape index (κ2) is 8.06. The molecule has 4 nitrogen and oxygen atoms in total. The molecule has 28 heavy (non-hydrogen) atoms. The highest BCUT2D eigenvalue weighted by Gasteiger charge is 2.08. The number of thiazole rings is 1. The number of pyridine rings is 1. The minimum atomic E-state index is -0.306. The van der Waals surface area contributed by atoms with Crippen molar-refractivity contribution < 1.29 is 8.78 Å². The summed E-state index contributed by atoms with van der Waals surface area (Å²) in [5.41, 5.74) is 3.02. The molecule has 0 aliphatic heterocycles. The molecule has 4 rings (SSSR count). The number of benzene rings is 2. The third-order valence-corrected chi connectivity index (χ3v) is 4.70. The number of aromatic nitrogens is 2. The first kappa shape index (κ1) is 17.9. The second-order valence-electron chi connectivity index (χ2n) is 5.84. The molecular formula is C21H14F2N4S. The molecule has 2 heterocycles. The normalized spacial score (nSPS) is 12.0. The van der Waals surface area contributed by atoms with Crippen molar-refractivity contribution >= 4 is 23.2 Å². The van der Waals surface area contributed by atoms with Gasteiger partial charge in [0, 0.05) is 17.1 Å². The number of nitrogens with zero attached hydrogens (tertiary/aromatic N) is 4. The summed E-state index contributed by atoms with van der Waals surface area (Å²) < 4.78 is 28.1. The standard InChI is InChI=1S/C21H14F2N4S/c22-17-7-3-15(4-8-17)12-25-27-20(16-5-9-18(23)10-6-16)14-28-21(27)26-19-2-1-11-24-13-19/h1-14H. The molecular weight excluding hydrogens is 378 g/mol. The minimum absolute atomic E-state index is 0.305. The van der Waals surface area contributed by atoms with Crippen LogP contribution < -0.4 is 4.80 Å². The summed E-state index contributed by atoms with van der Waals surface area (Å²) in [6.07, 6.45) is 4.96. The molecule has 138 valence electrons. The van der Waals surface area contributed by atoms with Crippen LogP contribution in [0.25, 0.3) is 11.3 Å². The monoisotopic (exact) mass is 392 g/mol. The van der Waals surface area contributed by atoms with Gasteiger partial charge in [0.1, 0.15) is 11.6 Å². The zero-order chi connectivity index (χ0) is 19.3. The highest BCUT2D eigenvalue weighted by atomic mass is 32.1. The van der Waals surface area contributed by atoms with E-state index in [-0.39, 0.29) is 11.6 Å². The van der Waals surface area contributed by atoms with E-state index in [1.807, 2.05) is 11.4 Å². The lowest BCUT2D eigenvalue weighted by molar-refractivity contribution is 0.627. The zero-order valence-electron chi connectivity index (χ0n) is 14.5. The van der Waals surface area contributed by atoms with Crippen LogP contribution in [-0.4, -0.2) is 15.9 Å². The van der Waals surface area contributed by atoms with Gasteiger partial charge < -0.3 is 0 Å². The van der Waals surface area contributed by atoms with Gasteiger partial charge in [0.15, 0.2) is 0 Å². The van der Waals surface area contributed by atoms with Crippen LogP contribution in [0.2, 0.25) is 0 Å². The van der Waals surface area contributed by atoms with Gasteiger partial charge in [0.25, 0.3) is 0 Å². The molecule has 2 aromatic heterocycles. The Hall–Kier alpha value is -3.45. The van der Waals surface area contributed by atoms with E-state index >= 15 is 0 Å². The van der Waals surface area contributed by atoms with Crippen molar-refractivity contribution in [2.45, 2.75) is 0 Å². The first-order chi connectivity index (χ1) is 13.7. The van der Waals surface area contributed by atoms with E-state index in [1.54, 1.807) is 53.6 Å². The van der Waals surface area contributed by atoms with Crippen molar-refractivity contribution in [2.75, 3.05) is 0 Å². The molecule has 0 fully saturated rings. The summed E-state index contributed by atoms with van der Waals surface area (Å²) in [4.78, 5) is 9.31. The lowest BCUT2D eigenvalue weighted by Crippen LogP contribution is -2.11. The lowest BCUT2D eigenvalue weighted by atomic mass is 10.2. The molecule has 0 aliphatic carbocycles. The van der Waals surface area contributed by atoms with E-state index in [2.05, 4.69) is 15.1 Å². The molecule has 0 radical (unpaired) electrons. The quantitative estimate of drug-likeness (QED) is 0.451. The first-order valence-electron chi connectivity index (χ1n) is 8.40. The predicted molar refractivity (Wildman–Crippen MR) is 107 cm³/mol. The van der Waals surface area contributed by atoms with Gasteiger partial charge in [0.2, 0.25) is 4.80 Å². The van der Waals surface area contributed by atoms with Crippen LogP contribution in [0.5, 0.6) is 0 Å². The van der Waals surface area contributed by atoms with E-state index in [9.17, 15) is 8.78 Å². The third-order valence-electron chi connectivity index (χ3n) is 3.89. The van der Waals surface area contributed by atoms with Crippen molar-refractivity contribution in [3.63, 3.8) is 0 Å². The molecule has 0 N–H and O–H groups in total. The van der Waals surface area contributed by atoms with Crippen molar-refractivity contribution in [3.05, 3.63) is 100 Å². The van der Waals surface area contributed by atoms with Crippen molar-refractivity contribution in [1.82, 2.24) is 9.66 Å². The molecule has 0 saturated carbocycles. The van der Waals surface area contributed by atoms with Crippen LogP contribution in [0.3, 0.4) is 0 Å². The molecule has 0 saturated heterocycles. The van der Waals surface area contributed by atoms with Crippen LogP contribution in [-0.2, 0) is 0 Å². The van der Waals surface area contributed by atoms with Gasteiger partial charge >= 0.3 is 0 Å². The maximum atomic E-state index is 13.3. The van der Waals surface area contributed by atoms with Gasteiger partial charge in [-0.3, -0.25) is 4.98 Å². The fourth-order valence-electron chi connectivity index (χ4n) is 2.51. The highest BCUT2D eigenvalue weighted by molar-refractivity contribution is 7.07. The van der Waals surface area contributed by atoms with Crippen LogP contribution in [0.15, 0.2) is 88.5 Å². The zero-order valence-corrected chi connectivity index (χ0v) is 15.4. The minimum Gasteiger partial charge on any atom is -0.262 e. The van der Waals surface area contributed by atoms with Crippen LogP contribution >= 0.6 is 11.3 Å². The number of hydrogen-bond donors (Lipinski definition) is 0. The summed E-state index contributed by atoms with van der Waals surface area (Å²) >= 11 is 1.41. The number of halogens is 2. The largest absolute Gasteiger partial charge is 0.262 e. The Labute approximate surface area is 163 Å². The molecule has 0 amide bonds. The van der Waals surface area contributed by atoms with E-state index in [0.29, 0.717) is 10.5 Å². The summed E-state index contributed by atoms with van der Waals surface area (Å²) in [6.45, 7) is 0. The third kappa shape index (κ3) is 4.10. The smallest absolute Gasteiger partial charge is 0.211 e. The SMILES string of the molecule is Fc1ccc(C=Nn2c(-c3ccc(F)cc3)csc2=Nc2cccnc2)cc1. The summed E-state index contributed by atoms with van der Waals surface area (Å²) in [5, 5.41) is 6.44. The van der Waals surface area contributed by atoms with Crippen LogP contribution in [0.4, 0.5) is 14.5 Å². The number of hydrogen-bond acceptors (Lipinski definition) is 4. The van der Waals surface area contributed by atoms with Gasteiger partial charge in [0.05, 0.1) is 23.8 Å². The van der Waals surface area contributed by atoms with Gasteiger partial charge in [-0.1, -0.05) is 12.1 Å². The average molecular weight is 392 g/mol. The van der Waals surface area contributed by atoms with E-state index in [0.717, 1.165) is 16.8 Å². The lowest BCUT2D eigenvalue weighted by Gasteiger charge is -2.04. The van der Waals surface area contributed by atoms with Crippen LogP contribution in [0.1, 0.15) is 5.56 Å². The summed E-state index contributed by atoms with van der Waals surface area (Å²) in [5.74, 6) is -0.611. The Morgan fingerprint density at radius 1 is 0.929 bits per heavy atom. The van der Waals surface area contributed by atoms with Gasteiger partial charge in [-0.05, 0) is 54.1 Å². The fourth-order valence-corrected chi connectivity index (χ4v) is 3.37. The van der Waals surface area contributed by atoms with E-state index in [4.69, 9.17) is 0 Å². The highest BCUT2D eigenvalue weighted by Crippen LogP contribution is 2.21. The van der Waals surface area contributed by atoms with Crippen molar-refractivity contribution in [1.29, 1.82) is 0 Å². The fraction of sp³-hybridized carbons (Fsp3) is 0. The molecule has 2 aromatic carbocycles. The van der Waals surface area contributed by atoms with E-state index < -0.39 is 0 Å². The first-order valence-corrected chi connectivity index (χ1v) is 9.28. The number of rotatable bonds is 4. The molecule has 0 spiro atoms. The Morgan fingerprint density at radius 2 is 1.64 bits per heavy atom. The summed E-state index contributed by atoms with van der Waals surface area (Å²) in [7, 11) is 0. The molecule has 0 aliphatic rings. The molecule has 0 bridgehead atoms. The Kier molecular flexibility index (Phi) is 5.16. The molecule has 4 aromatic rings. The Morgan fingerprint density at radius 3 is 2.32 bits per heavy atom.